The number of rotatable bonds is 11. The number of thiocarbonyl (C=S) groups is 1. The smallest absolute Gasteiger partial charge is 0.286 e. The summed E-state index contributed by atoms with van der Waals surface area (Å²) in [6.45, 7) is 0. The lowest BCUT2D eigenvalue weighted by Crippen LogP contribution is -2.35. The second-order valence-electron chi connectivity index (χ2n) is 9.67. The number of nitrogens with two attached hydrogens (primary N) is 1. The Bertz CT molecular complexity index is 2090. The van der Waals surface area contributed by atoms with Crippen molar-refractivity contribution in [1.29, 1.82) is 0 Å². The van der Waals surface area contributed by atoms with Gasteiger partial charge in [-0.2, -0.15) is 4.98 Å². The van der Waals surface area contributed by atoms with Crippen molar-refractivity contribution in [3.63, 3.8) is 0 Å². The minimum atomic E-state index is -1.04. The van der Waals surface area contributed by atoms with E-state index in [1.165, 1.54) is 48.5 Å². The average Bonchev–Trinajstić information content (AvgIpc) is 3.04. The van der Waals surface area contributed by atoms with Crippen molar-refractivity contribution >= 4 is 52.2 Å². The van der Waals surface area contributed by atoms with E-state index in [0.717, 1.165) is 24.5 Å². The molecule has 0 bridgehead atoms. The van der Waals surface area contributed by atoms with E-state index in [2.05, 4.69) is 35.9 Å². The zero-order valence-electron chi connectivity index (χ0n) is 24.5. The van der Waals surface area contributed by atoms with Crippen LogP contribution in [0.5, 0.6) is 23.3 Å². The highest BCUT2D eigenvalue weighted by Crippen LogP contribution is 2.30. The molecule has 15 nitrogen and oxygen atoms in total. The van der Waals surface area contributed by atoms with Crippen LogP contribution in [0.25, 0.3) is 0 Å². The monoisotopic (exact) mass is 691 g/mol. The summed E-state index contributed by atoms with van der Waals surface area (Å²) in [5.74, 6) is -5.51. The second kappa shape index (κ2) is 14.8. The van der Waals surface area contributed by atoms with Crippen molar-refractivity contribution in [2.24, 2.45) is 5.73 Å². The summed E-state index contributed by atoms with van der Waals surface area (Å²) >= 11 is 5.12. The number of nitrogens with one attached hydrogen (secondary N) is 3. The Kier molecular flexibility index (Phi) is 10.1. The molecule has 0 saturated carbocycles. The van der Waals surface area contributed by atoms with Crippen LogP contribution < -0.4 is 31.2 Å². The maximum absolute atomic E-state index is 15.0. The van der Waals surface area contributed by atoms with Gasteiger partial charge in [0.2, 0.25) is 23.5 Å². The Morgan fingerprint density at radius 2 is 1.53 bits per heavy atom. The van der Waals surface area contributed by atoms with E-state index in [4.69, 9.17) is 27.4 Å². The van der Waals surface area contributed by atoms with Crippen molar-refractivity contribution < 1.29 is 37.2 Å². The predicted molar refractivity (Wildman–Crippen MR) is 170 cm³/mol. The van der Waals surface area contributed by atoms with Gasteiger partial charge in [-0.1, -0.05) is 12.1 Å². The number of aromatic nitrogens is 4. The highest BCUT2D eigenvalue weighted by Gasteiger charge is 2.16. The Hall–Kier alpha value is -6.76. The number of hydrogen-bond donors (Lipinski definition) is 4. The molecule has 248 valence electrons. The highest BCUT2D eigenvalue weighted by atomic mass is 32.1. The summed E-state index contributed by atoms with van der Waals surface area (Å²) in [7, 11) is 0. The molecule has 0 fully saturated rings. The first-order valence-corrected chi connectivity index (χ1v) is 14.0. The number of carbonyl (C=O) groups excluding carboxylic acids is 2. The molecule has 2 aromatic heterocycles. The third-order valence-electron chi connectivity index (χ3n) is 6.10. The van der Waals surface area contributed by atoms with Gasteiger partial charge in [-0.25, -0.2) is 28.1 Å². The molecular formula is C30H20F3N9O6S. The summed E-state index contributed by atoms with van der Waals surface area (Å²) in [5.41, 5.74) is 5.61. The summed E-state index contributed by atoms with van der Waals surface area (Å²) < 4.78 is 53.3. The van der Waals surface area contributed by atoms with Gasteiger partial charge in [0.15, 0.2) is 28.2 Å². The maximum Gasteiger partial charge on any atom is 0.286 e. The molecule has 0 aliphatic carbocycles. The summed E-state index contributed by atoms with van der Waals surface area (Å²) in [6, 6.07) is 14.2. The topological polar surface area (TPSA) is 209 Å². The normalized spacial score (nSPS) is 10.5. The van der Waals surface area contributed by atoms with Crippen LogP contribution in [0, 0.1) is 27.6 Å². The lowest BCUT2D eigenvalue weighted by molar-refractivity contribution is -0.385. The number of nitrogens with zero attached hydrogens (tertiary/aromatic N) is 5. The van der Waals surface area contributed by atoms with Gasteiger partial charge in [0.05, 0.1) is 17.4 Å². The third kappa shape index (κ3) is 9.16. The fraction of sp³-hybridized carbons (Fsp3) is 0.0333. The van der Waals surface area contributed by atoms with Crippen LogP contribution in [0.4, 0.5) is 36.2 Å². The average molecular weight is 692 g/mol. The zero-order valence-corrected chi connectivity index (χ0v) is 25.3. The van der Waals surface area contributed by atoms with E-state index in [-0.39, 0.29) is 52.1 Å². The number of nitro benzene ring substituents is 1. The van der Waals surface area contributed by atoms with Crippen LogP contribution in [-0.4, -0.2) is 41.8 Å². The fourth-order valence-electron chi connectivity index (χ4n) is 3.94. The molecule has 2 amide bonds. The van der Waals surface area contributed by atoms with Crippen LogP contribution in [0.3, 0.4) is 0 Å². The van der Waals surface area contributed by atoms with E-state index in [1.54, 1.807) is 0 Å². The Morgan fingerprint density at radius 1 is 0.857 bits per heavy atom. The molecule has 49 heavy (non-hydrogen) atoms. The van der Waals surface area contributed by atoms with E-state index < -0.39 is 45.7 Å². The summed E-state index contributed by atoms with van der Waals surface area (Å²) in [6.07, 6.45) is 0.989. The molecule has 0 aliphatic heterocycles. The van der Waals surface area contributed by atoms with Gasteiger partial charge in [-0.15, -0.1) is 0 Å². The second-order valence-corrected chi connectivity index (χ2v) is 10.1. The first kappa shape index (κ1) is 33.6. The first-order valence-electron chi connectivity index (χ1n) is 13.6. The van der Waals surface area contributed by atoms with E-state index in [1.807, 2.05) is 0 Å². The van der Waals surface area contributed by atoms with Crippen molar-refractivity contribution in [2.75, 3.05) is 10.6 Å². The molecule has 19 heteroatoms. The van der Waals surface area contributed by atoms with E-state index >= 15 is 4.39 Å². The number of hydrogen-bond acceptors (Lipinski definition) is 12. The largest absolute Gasteiger partial charge is 0.436 e. The quantitative estimate of drug-likeness (QED) is 0.0811. The zero-order chi connectivity index (χ0) is 35.1. The molecule has 0 spiro atoms. The molecule has 5 rings (SSSR count). The molecule has 5 N–H and O–H groups in total. The number of primary amides is 1. The van der Waals surface area contributed by atoms with Gasteiger partial charge in [-0.05, 0) is 48.1 Å². The van der Waals surface area contributed by atoms with Gasteiger partial charge in [0.25, 0.3) is 11.6 Å². The molecule has 0 saturated heterocycles. The molecular weight excluding hydrogens is 671 g/mol. The first-order chi connectivity index (χ1) is 23.4. The van der Waals surface area contributed by atoms with E-state index in [9.17, 15) is 28.5 Å². The lowest BCUT2D eigenvalue weighted by Gasteiger charge is -2.12. The van der Waals surface area contributed by atoms with Crippen LogP contribution in [0.15, 0.2) is 79.1 Å². The Labute approximate surface area is 278 Å². The van der Waals surface area contributed by atoms with Gasteiger partial charge >= 0.3 is 0 Å². The van der Waals surface area contributed by atoms with Crippen molar-refractivity contribution in [1.82, 2.24) is 25.3 Å². The Balaban J connectivity index is 1.25. The number of nitro groups is 1. The highest BCUT2D eigenvalue weighted by molar-refractivity contribution is 7.80. The fourth-order valence-corrected chi connectivity index (χ4v) is 4.17. The van der Waals surface area contributed by atoms with Crippen molar-refractivity contribution in [2.45, 2.75) is 6.42 Å². The molecule has 2 heterocycles. The summed E-state index contributed by atoms with van der Waals surface area (Å²) in [4.78, 5) is 50.0. The SMILES string of the molecule is NC(=O)c1nc(Nc2cc(Oc3ccc([N+](=O)[O-])cc3F)ncn2)cc(Oc2ccc(NC(=S)NC(=O)Cc3ccc(F)cc3)cc2F)n1. The predicted octanol–water partition coefficient (Wildman–Crippen LogP) is 5.07. The number of halogens is 3. The molecule has 0 radical (unpaired) electrons. The number of amides is 2. The number of carbonyl (C=O) groups is 2. The van der Waals surface area contributed by atoms with E-state index in [0.29, 0.717) is 11.6 Å². The number of ether oxygens (including phenoxy) is 2. The van der Waals surface area contributed by atoms with Crippen LogP contribution >= 0.6 is 12.2 Å². The van der Waals surface area contributed by atoms with Gasteiger partial charge in [0, 0.05) is 30.0 Å². The minimum absolute atomic E-state index is 0.0368. The molecule has 3 aromatic carbocycles. The lowest BCUT2D eigenvalue weighted by atomic mass is 10.1. The molecule has 0 atom stereocenters. The minimum Gasteiger partial charge on any atom is -0.436 e. The van der Waals surface area contributed by atoms with Gasteiger partial charge in [0.1, 0.15) is 23.8 Å². The number of non-ortho nitro benzene ring substituents is 1. The molecule has 0 aliphatic rings. The molecule has 5 aromatic rings. The van der Waals surface area contributed by atoms with Gasteiger partial charge in [-0.3, -0.25) is 19.7 Å². The van der Waals surface area contributed by atoms with Crippen LogP contribution in [-0.2, 0) is 11.2 Å². The summed E-state index contributed by atoms with van der Waals surface area (Å²) in [5, 5.41) is 18.6. The number of benzene rings is 3. The molecule has 0 unspecified atom stereocenters. The van der Waals surface area contributed by atoms with Crippen LogP contribution in [0.1, 0.15) is 16.2 Å². The van der Waals surface area contributed by atoms with Gasteiger partial charge < -0.3 is 31.2 Å². The number of anilines is 3. The standard InChI is InChI=1S/C30H20F3N9O6S/c31-16-3-1-15(2-4-16)9-25(43)40-30(49)37-17-5-7-21(19(32)10-17)48-27-13-24(39-29(41-27)28(34)44)38-23-12-26(36-14-35-23)47-22-8-6-18(42(45)46)11-20(22)33/h1-8,10-14H,9H2,(H2,34,44)(H2,37,40,43,49)(H,35,36,38,39,41). The van der Waals surface area contributed by atoms with Crippen molar-refractivity contribution in [3.8, 4) is 23.3 Å². The van der Waals surface area contributed by atoms with Crippen LogP contribution in [0.2, 0.25) is 0 Å². The van der Waals surface area contributed by atoms with Crippen molar-refractivity contribution in [3.05, 3.63) is 118 Å². The maximum atomic E-state index is 15.0. The Morgan fingerprint density at radius 3 is 2.20 bits per heavy atom. The third-order valence-corrected chi connectivity index (χ3v) is 6.30.